The Bertz CT molecular complexity index is 1320. The summed E-state index contributed by atoms with van der Waals surface area (Å²) in [5.74, 6) is 0.348. The van der Waals surface area contributed by atoms with Crippen molar-refractivity contribution in [1.82, 2.24) is 35.3 Å². The third kappa shape index (κ3) is 7.61. The Morgan fingerprint density at radius 1 is 1.02 bits per heavy atom. The summed E-state index contributed by atoms with van der Waals surface area (Å²) < 4.78 is 24.6. The third-order valence-corrected chi connectivity index (χ3v) is 7.69. The maximum absolute atomic E-state index is 13.9. The van der Waals surface area contributed by atoms with Crippen LogP contribution >= 0.6 is 0 Å². The van der Waals surface area contributed by atoms with E-state index in [0.717, 1.165) is 38.8 Å². The fourth-order valence-electron chi connectivity index (χ4n) is 5.27. The van der Waals surface area contributed by atoms with Gasteiger partial charge in [-0.25, -0.2) is 4.39 Å². The summed E-state index contributed by atoms with van der Waals surface area (Å²) in [5, 5.41) is 15.8. The maximum atomic E-state index is 13.9. The van der Waals surface area contributed by atoms with Crippen molar-refractivity contribution in [2.75, 3.05) is 40.4 Å². The lowest BCUT2D eigenvalue weighted by molar-refractivity contribution is -0.142. The third-order valence-electron chi connectivity index (χ3n) is 7.69. The number of carbonyl (C=O) groups excluding carboxylic acids is 2. The highest BCUT2D eigenvalue weighted by molar-refractivity contribution is 5.89. The predicted molar refractivity (Wildman–Crippen MR) is 155 cm³/mol. The van der Waals surface area contributed by atoms with Crippen molar-refractivity contribution < 1.29 is 23.5 Å². The predicted octanol–water partition coefficient (Wildman–Crippen LogP) is 3.47. The minimum Gasteiger partial charge on any atom is -0.493 e. The molecule has 4 rings (SSSR count). The molecule has 0 radical (unpaired) electrons. The van der Waals surface area contributed by atoms with Gasteiger partial charge in [0.1, 0.15) is 18.4 Å². The highest BCUT2D eigenvalue weighted by Crippen LogP contribution is 2.31. The molecule has 1 atom stereocenters. The number of hydrogen-bond acceptors (Lipinski definition) is 8. The van der Waals surface area contributed by atoms with E-state index in [1.165, 1.54) is 24.0 Å². The van der Waals surface area contributed by atoms with Crippen LogP contribution in [0, 0.1) is 5.82 Å². The second-order valence-electron chi connectivity index (χ2n) is 10.3. The van der Waals surface area contributed by atoms with Crippen molar-refractivity contribution in [3.63, 3.8) is 0 Å². The fourth-order valence-corrected chi connectivity index (χ4v) is 5.27. The van der Waals surface area contributed by atoms with Crippen LogP contribution in [-0.4, -0.2) is 88.3 Å². The van der Waals surface area contributed by atoms with E-state index in [1.807, 2.05) is 0 Å². The van der Waals surface area contributed by atoms with Crippen LogP contribution in [0.5, 0.6) is 11.5 Å². The van der Waals surface area contributed by atoms with Crippen LogP contribution in [0.15, 0.2) is 42.5 Å². The van der Waals surface area contributed by atoms with Gasteiger partial charge in [0.2, 0.25) is 17.6 Å². The van der Waals surface area contributed by atoms with Gasteiger partial charge in [-0.1, -0.05) is 38.8 Å². The minimum absolute atomic E-state index is 0.0567. The molecular formula is C30H40FN7O4. The lowest BCUT2D eigenvalue weighted by atomic mass is 10.0. The van der Waals surface area contributed by atoms with Crippen molar-refractivity contribution in [3.8, 4) is 22.9 Å². The van der Waals surface area contributed by atoms with E-state index in [2.05, 4.69) is 39.5 Å². The first-order valence-corrected chi connectivity index (χ1v) is 14.4. The number of nitrogens with zero attached hydrogens (tertiary/aromatic N) is 6. The van der Waals surface area contributed by atoms with Gasteiger partial charge in [0.15, 0.2) is 11.5 Å². The lowest BCUT2D eigenvalue weighted by Gasteiger charge is -2.33. The van der Waals surface area contributed by atoms with Gasteiger partial charge in [0.05, 0.1) is 14.2 Å². The quantitative estimate of drug-likeness (QED) is 0.308. The van der Waals surface area contributed by atoms with Crippen molar-refractivity contribution in [2.24, 2.45) is 0 Å². The molecule has 1 heterocycles. The zero-order valence-electron chi connectivity index (χ0n) is 24.8. The molecule has 12 heteroatoms. The highest BCUT2D eigenvalue weighted by Gasteiger charge is 2.33. The Morgan fingerprint density at radius 2 is 1.71 bits per heavy atom. The minimum atomic E-state index is -0.942. The summed E-state index contributed by atoms with van der Waals surface area (Å²) in [4.78, 5) is 32.7. The Kier molecular flexibility index (Phi) is 10.8. The van der Waals surface area contributed by atoms with Crippen molar-refractivity contribution in [3.05, 3.63) is 53.8 Å². The molecular weight excluding hydrogens is 541 g/mol. The number of likely N-dealkylation sites (N-methyl/N-ethyl adjacent to an activating group) is 1. The maximum Gasteiger partial charge on any atom is 0.247 e. The van der Waals surface area contributed by atoms with Gasteiger partial charge < -0.3 is 24.6 Å². The number of hydrogen-bond donors (Lipinski definition) is 1. The van der Waals surface area contributed by atoms with E-state index in [0.29, 0.717) is 35.0 Å². The molecule has 0 spiro atoms. The number of amides is 2. The van der Waals surface area contributed by atoms with Crippen LogP contribution in [-0.2, 0) is 16.1 Å². The zero-order valence-corrected chi connectivity index (χ0v) is 24.8. The topological polar surface area (TPSA) is 115 Å². The summed E-state index contributed by atoms with van der Waals surface area (Å²) in [6.07, 6.45) is 3.91. The average molecular weight is 582 g/mol. The molecule has 0 saturated heterocycles. The molecule has 0 aliphatic heterocycles. The van der Waals surface area contributed by atoms with Crippen molar-refractivity contribution in [2.45, 2.75) is 58.2 Å². The molecule has 2 aromatic carbocycles. The molecule has 1 N–H and O–H groups in total. The summed E-state index contributed by atoms with van der Waals surface area (Å²) in [5.41, 5.74) is 1.18. The molecule has 1 aliphatic rings. The van der Waals surface area contributed by atoms with Crippen molar-refractivity contribution >= 4 is 11.8 Å². The van der Waals surface area contributed by atoms with Crippen LogP contribution in [0.3, 0.4) is 0 Å². The molecule has 1 aliphatic carbocycles. The number of rotatable bonds is 14. The Hall–Kier alpha value is -4.06. The first-order valence-electron chi connectivity index (χ1n) is 14.4. The summed E-state index contributed by atoms with van der Waals surface area (Å²) >= 11 is 0. The van der Waals surface area contributed by atoms with Crippen LogP contribution < -0.4 is 14.8 Å². The molecule has 3 aromatic rings. The molecule has 42 heavy (non-hydrogen) atoms. The standard InChI is InChI=1S/C30H40FN7O4/c1-5-36(6-2)17-18-37(28(21-11-14-23(31)15-12-21)30(40)32-24-9-7-8-10-24)27(39)20-38-34-29(33-35-38)22-13-16-25(41-3)26(19-22)42-4/h11-16,19,24,28H,5-10,17-18,20H2,1-4H3,(H,32,40)/t28-/m0/s1. The van der Waals surface area contributed by atoms with Gasteiger partial charge in [-0.15, -0.1) is 10.2 Å². The summed E-state index contributed by atoms with van der Waals surface area (Å²) in [6, 6.07) is 10.1. The molecule has 1 fully saturated rings. The van der Waals surface area contributed by atoms with Gasteiger partial charge in [0, 0.05) is 24.7 Å². The molecule has 226 valence electrons. The van der Waals surface area contributed by atoms with Gasteiger partial charge in [-0.2, -0.15) is 4.80 Å². The smallest absolute Gasteiger partial charge is 0.247 e. The lowest BCUT2D eigenvalue weighted by Crippen LogP contribution is -2.49. The second-order valence-corrected chi connectivity index (χ2v) is 10.3. The number of methoxy groups -OCH3 is 2. The van der Waals surface area contributed by atoms with E-state index >= 15 is 0 Å². The van der Waals surface area contributed by atoms with Crippen molar-refractivity contribution in [1.29, 1.82) is 0 Å². The van der Waals surface area contributed by atoms with E-state index in [1.54, 1.807) is 42.3 Å². The Balaban J connectivity index is 1.62. The number of nitrogens with one attached hydrogen (secondary N) is 1. The largest absolute Gasteiger partial charge is 0.493 e. The van der Waals surface area contributed by atoms with Crippen LogP contribution in [0.2, 0.25) is 0 Å². The van der Waals surface area contributed by atoms with Gasteiger partial charge in [-0.3, -0.25) is 9.59 Å². The van der Waals surface area contributed by atoms with E-state index in [-0.39, 0.29) is 30.9 Å². The average Bonchev–Trinajstić information content (AvgIpc) is 3.69. The second kappa shape index (κ2) is 14.7. The van der Waals surface area contributed by atoms with Crippen LogP contribution in [0.25, 0.3) is 11.4 Å². The molecule has 2 amide bonds. The van der Waals surface area contributed by atoms with Crippen LogP contribution in [0.1, 0.15) is 51.1 Å². The first kappa shape index (κ1) is 30.9. The Morgan fingerprint density at radius 3 is 2.36 bits per heavy atom. The highest BCUT2D eigenvalue weighted by atomic mass is 19.1. The number of carbonyl (C=O) groups is 2. The van der Waals surface area contributed by atoms with Crippen LogP contribution in [0.4, 0.5) is 4.39 Å². The van der Waals surface area contributed by atoms with E-state index in [9.17, 15) is 14.0 Å². The molecule has 1 saturated carbocycles. The van der Waals surface area contributed by atoms with Gasteiger partial charge in [-0.05, 0) is 67.0 Å². The normalized spacial score (nSPS) is 14.1. The Labute approximate surface area is 246 Å². The zero-order chi connectivity index (χ0) is 30.1. The fraction of sp³-hybridized carbons (Fsp3) is 0.500. The summed E-state index contributed by atoms with van der Waals surface area (Å²) in [7, 11) is 3.09. The van der Waals surface area contributed by atoms with Gasteiger partial charge >= 0.3 is 0 Å². The SMILES string of the molecule is CCN(CC)CCN(C(=O)Cn1nnc(-c2ccc(OC)c(OC)c2)n1)[C@H](C(=O)NC1CCCC1)c1ccc(F)cc1. The van der Waals surface area contributed by atoms with E-state index < -0.39 is 11.9 Å². The molecule has 1 aromatic heterocycles. The number of ether oxygens (including phenoxy) is 2. The first-order chi connectivity index (χ1) is 20.4. The monoisotopic (exact) mass is 581 g/mol. The van der Waals surface area contributed by atoms with E-state index in [4.69, 9.17) is 9.47 Å². The number of tetrazole rings is 1. The molecule has 11 nitrogen and oxygen atoms in total. The number of aromatic nitrogens is 4. The van der Waals surface area contributed by atoms with Gasteiger partial charge in [0.25, 0.3) is 0 Å². The molecule has 0 unspecified atom stereocenters. The molecule has 0 bridgehead atoms. The summed E-state index contributed by atoms with van der Waals surface area (Å²) in [6.45, 7) is 6.32. The number of benzene rings is 2. The number of halogens is 1.